The minimum Gasteiger partial charge on any atom is -0.337 e. The van der Waals surface area contributed by atoms with Gasteiger partial charge in [-0.15, -0.1) is 0 Å². The SMILES string of the molecule is FC(F)(F)c1ccc(-c2nc3cnncc3[nH]2)cc1. The second kappa shape index (κ2) is 4.04. The Balaban J connectivity index is 2.02. The van der Waals surface area contributed by atoms with Gasteiger partial charge in [0.1, 0.15) is 11.3 Å². The van der Waals surface area contributed by atoms with E-state index in [0.29, 0.717) is 22.4 Å². The van der Waals surface area contributed by atoms with Crippen molar-refractivity contribution >= 4 is 11.0 Å². The fourth-order valence-corrected chi connectivity index (χ4v) is 1.73. The first-order valence-corrected chi connectivity index (χ1v) is 5.38. The van der Waals surface area contributed by atoms with E-state index in [4.69, 9.17) is 0 Å². The second-order valence-electron chi connectivity index (χ2n) is 3.95. The number of hydrogen-bond donors (Lipinski definition) is 1. The summed E-state index contributed by atoms with van der Waals surface area (Å²) in [6.45, 7) is 0. The van der Waals surface area contributed by atoms with Crippen LogP contribution in [0.2, 0.25) is 0 Å². The van der Waals surface area contributed by atoms with Gasteiger partial charge in [-0.25, -0.2) is 4.98 Å². The molecule has 1 aromatic carbocycles. The molecule has 96 valence electrons. The molecule has 19 heavy (non-hydrogen) atoms. The van der Waals surface area contributed by atoms with Gasteiger partial charge in [-0.05, 0) is 12.1 Å². The van der Waals surface area contributed by atoms with Gasteiger partial charge in [0.2, 0.25) is 0 Å². The molecule has 0 unspecified atom stereocenters. The lowest BCUT2D eigenvalue weighted by Crippen LogP contribution is -2.04. The smallest absolute Gasteiger partial charge is 0.337 e. The Morgan fingerprint density at radius 1 is 0.947 bits per heavy atom. The summed E-state index contributed by atoms with van der Waals surface area (Å²) in [6, 6.07) is 4.81. The van der Waals surface area contributed by atoms with E-state index in [0.717, 1.165) is 12.1 Å². The van der Waals surface area contributed by atoms with Gasteiger partial charge in [-0.3, -0.25) is 0 Å². The number of H-pyrrole nitrogens is 1. The number of alkyl halides is 3. The van der Waals surface area contributed by atoms with Gasteiger partial charge in [0, 0.05) is 5.56 Å². The first kappa shape index (κ1) is 11.6. The molecule has 0 saturated carbocycles. The predicted octanol–water partition coefficient (Wildman–Crippen LogP) is 3.04. The maximum absolute atomic E-state index is 12.4. The summed E-state index contributed by atoms with van der Waals surface area (Å²) in [5.74, 6) is 0.485. The van der Waals surface area contributed by atoms with Gasteiger partial charge in [-0.1, -0.05) is 12.1 Å². The van der Waals surface area contributed by atoms with E-state index in [-0.39, 0.29) is 0 Å². The maximum Gasteiger partial charge on any atom is 0.416 e. The highest BCUT2D eigenvalue weighted by molar-refractivity contribution is 5.77. The van der Waals surface area contributed by atoms with Crippen molar-refractivity contribution in [1.82, 2.24) is 20.2 Å². The van der Waals surface area contributed by atoms with Crippen LogP contribution in [0.4, 0.5) is 13.2 Å². The Labute approximate surface area is 105 Å². The number of nitrogens with one attached hydrogen (secondary N) is 1. The number of benzene rings is 1. The van der Waals surface area contributed by atoms with E-state index in [9.17, 15) is 13.2 Å². The first-order valence-electron chi connectivity index (χ1n) is 5.38. The molecule has 0 aliphatic heterocycles. The standard InChI is InChI=1S/C12H7F3N4/c13-12(14,15)8-3-1-7(2-4-8)11-18-9-5-16-17-6-10(9)19-11/h1-6H,(H,18,19). The molecule has 2 aromatic heterocycles. The molecule has 0 atom stereocenters. The van der Waals surface area contributed by atoms with Gasteiger partial charge in [0.25, 0.3) is 0 Å². The summed E-state index contributed by atoms with van der Waals surface area (Å²) in [6.07, 6.45) is -1.34. The largest absolute Gasteiger partial charge is 0.416 e. The lowest BCUT2D eigenvalue weighted by atomic mass is 10.1. The molecule has 7 heteroatoms. The van der Waals surface area contributed by atoms with E-state index in [1.807, 2.05) is 0 Å². The van der Waals surface area contributed by atoms with Crippen molar-refractivity contribution in [3.63, 3.8) is 0 Å². The van der Waals surface area contributed by atoms with Crippen LogP contribution < -0.4 is 0 Å². The predicted molar refractivity (Wildman–Crippen MR) is 62.1 cm³/mol. The molecule has 0 fully saturated rings. The minimum atomic E-state index is -4.33. The Bertz CT molecular complexity index is 683. The van der Waals surface area contributed by atoms with Crippen LogP contribution >= 0.6 is 0 Å². The van der Waals surface area contributed by atoms with E-state index in [1.54, 1.807) is 0 Å². The van der Waals surface area contributed by atoms with Crippen molar-refractivity contribution in [2.24, 2.45) is 0 Å². The van der Waals surface area contributed by atoms with E-state index in [1.165, 1.54) is 24.5 Å². The Kier molecular flexibility index (Phi) is 2.48. The van der Waals surface area contributed by atoms with Gasteiger partial charge in [0.15, 0.2) is 0 Å². The molecule has 1 N–H and O–H groups in total. The Morgan fingerprint density at radius 2 is 1.63 bits per heavy atom. The van der Waals surface area contributed by atoms with Crippen molar-refractivity contribution in [3.05, 3.63) is 42.2 Å². The van der Waals surface area contributed by atoms with E-state index in [2.05, 4.69) is 20.2 Å². The van der Waals surface area contributed by atoms with Crippen LogP contribution in [-0.2, 0) is 6.18 Å². The topological polar surface area (TPSA) is 54.5 Å². The van der Waals surface area contributed by atoms with Crippen molar-refractivity contribution in [1.29, 1.82) is 0 Å². The van der Waals surface area contributed by atoms with Gasteiger partial charge < -0.3 is 4.98 Å². The van der Waals surface area contributed by atoms with Crippen LogP contribution in [-0.4, -0.2) is 20.2 Å². The van der Waals surface area contributed by atoms with Crippen LogP contribution in [0, 0.1) is 0 Å². The number of hydrogen-bond acceptors (Lipinski definition) is 3. The molecular weight excluding hydrogens is 257 g/mol. The monoisotopic (exact) mass is 264 g/mol. The fraction of sp³-hybridized carbons (Fsp3) is 0.0833. The van der Waals surface area contributed by atoms with E-state index >= 15 is 0 Å². The van der Waals surface area contributed by atoms with Gasteiger partial charge >= 0.3 is 6.18 Å². The van der Waals surface area contributed by atoms with Crippen LogP contribution in [0.25, 0.3) is 22.4 Å². The molecule has 0 amide bonds. The number of fused-ring (bicyclic) bond motifs is 1. The molecular formula is C12H7F3N4. The number of aromatic amines is 1. The first-order chi connectivity index (χ1) is 9.04. The molecule has 3 aromatic rings. The second-order valence-corrected chi connectivity index (χ2v) is 3.95. The van der Waals surface area contributed by atoms with Gasteiger partial charge in [-0.2, -0.15) is 23.4 Å². The van der Waals surface area contributed by atoms with Crippen molar-refractivity contribution in [3.8, 4) is 11.4 Å². The normalized spacial score (nSPS) is 11.9. The average molecular weight is 264 g/mol. The summed E-state index contributed by atoms with van der Waals surface area (Å²) in [7, 11) is 0. The molecule has 0 aliphatic carbocycles. The molecule has 0 aliphatic rings. The lowest BCUT2D eigenvalue weighted by Gasteiger charge is -2.06. The Hall–Kier alpha value is -2.44. The summed E-state index contributed by atoms with van der Waals surface area (Å²) in [5, 5.41) is 7.38. The van der Waals surface area contributed by atoms with Gasteiger partial charge in [0.05, 0.1) is 23.5 Å². The Morgan fingerprint density at radius 3 is 2.26 bits per heavy atom. The summed E-state index contributed by atoms with van der Waals surface area (Å²) < 4.78 is 37.3. The molecule has 0 bridgehead atoms. The van der Waals surface area contributed by atoms with Crippen LogP contribution in [0.3, 0.4) is 0 Å². The number of rotatable bonds is 1. The third-order valence-electron chi connectivity index (χ3n) is 2.68. The highest BCUT2D eigenvalue weighted by Crippen LogP contribution is 2.30. The lowest BCUT2D eigenvalue weighted by molar-refractivity contribution is -0.137. The van der Waals surface area contributed by atoms with Crippen LogP contribution in [0.15, 0.2) is 36.7 Å². The van der Waals surface area contributed by atoms with E-state index < -0.39 is 11.7 Å². The third kappa shape index (κ3) is 2.14. The van der Waals surface area contributed by atoms with Crippen molar-refractivity contribution in [2.45, 2.75) is 6.18 Å². The number of imidazole rings is 1. The summed E-state index contributed by atoms with van der Waals surface area (Å²) in [4.78, 5) is 7.21. The highest BCUT2D eigenvalue weighted by Gasteiger charge is 2.30. The summed E-state index contributed by atoms with van der Waals surface area (Å²) in [5.41, 5.74) is 1.19. The molecule has 0 saturated heterocycles. The van der Waals surface area contributed by atoms with Crippen LogP contribution in [0.1, 0.15) is 5.56 Å². The zero-order chi connectivity index (χ0) is 13.5. The molecule has 0 spiro atoms. The van der Waals surface area contributed by atoms with Crippen molar-refractivity contribution < 1.29 is 13.2 Å². The zero-order valence-corrected chi connectivity index (χ0v) is 9.44. The third-order valence-corrected chi connectivity index (χ3v) is 2.68. The fourth-order valence-electron chi connectivity index (χ4n) is 1.73. The molecule has 0 radical (unpaired) electrons. The minimum absolute atomic E-state index is 0.485. The highest BCUT2D eigenvalue weighted by atomic mass is 19.4. The van der Waals surface area contributed by atoms with Crippen LogP contribution in [0.5, 0.6) is 0 Å². The van der Waals surface area contributed by atoms with Crippen molar-refractivity contribution in [2.75, 3.05) is 0 Å². The zero-order valence-electron chi connectivity index (χ0n) is 9.44. The molecule has 2 heterocycles. The quantitative estimate of drug-likeness (QED) is 0.735. The molecule has 4 nitrogen and oxygen atoms in total. The number of halogens is 3. The number of nitrogens with zero attached hydrogens (tertiary/aromatic N) is 3. The molecule has 3 rings (SSSR count). The average Bonchev–Trinajstić information content (AvgIpc) is 2.81. The maximum atomic E-state index is 12.4. The summed E-state index contributed by atoms with van der Waals surface area (Å²) >= 11 is 0. The number of aromatic nitrogens is 4.